The Morgan fingerprint density at radius 3 is 2.61 bits per heavy atom. The molecule has 1 aromatic heterocycles. The fourth-order valence-corrected chi connectivity index (χ4v) is 3.43. The first kappa shape index (κ1) is 11.7. The van der Waals surface area contributed by atoms with Crippen LogP contribution in [0.25, 0.3) is 6.08 Å². The molecule has 18 heavy (non-hydrogen) atoms. The predicted octanol–water partition coefficient (Wildman–Crippen LogP) is 2.03. The molecule has 96 valence electrons. The molecule has 0 aromatic carbocycles. The molecule has 3 rings (SSSR count). The van der Waals surface area contributed by atoms with Crippen LogP contribution in [-0.4, -0.2) is 17.7 Å². The van der Waals surface area contributed by atoms with Gasteiger partial charge in [0.1, 0.15) is 0 Å². The minimum absolute atomic E-state index is 0.155. The van der Waals surface area contributed by atoms with Crippen LogP contribution in [0.3, 0.4) is 0 Å². The van der Waals surface area contributed by atoms with E-state index in [2.05, 4.69) is 18.8 Å². The molecule has 1 aliphatic heterocycles. The van der Waals surface area contributed by atoms with E-state index in [1.165, 1.54) is 0 Å². The second-order valence-corrected chi connectivity index (χ2v) is 5.93. The topological polar surface area (TPSA) is 34.0 Å². The largest absolute Gasteiger partial charge is 0.316 e. The Hall–Kier alpha value is -1.35. The lowest BCUT2D eigenvalue weighted by Crippen LogP contribution is -2.61. The Morgan fingerprint density at radius 2 is 2.11 bits per heavy atom. The molecule has 1 saturated heterocycles. The minimum atomic E-state index is 0.155. The highest BCUT2D eigenvalue weighted by atomic mass is 16.1. The van der Waals surface area contributed by atoms with Gasteiger partial charge >= 0.3 is 0 Å². The summed E-state index contributed by atoms with van der Waals surface area (Å²) in [7, 11) is 0. The van der Waals surface area contributed by atoms with E-state index >= 15 is 0 Å². The molecule has 2 fully saturated rings. The zero-order chi connectivity index (χ0) is 12.9. The lowest BCUT2D eigenvalue weighted by atomic mass is 9.61. The molecule has 1 N–H and O–H groups in total. The van der Waals surface area contributed by atoms with E-state index in [4.69, 9.17) is 0 Å². The zero-order valence-corrected chi connectivity index (χ0v) is 11.1. The van der Waals surface area contributed by atoms with Crippen molar-refractivity contribution in [3.8, 4) is 0 Å². The Kier molecular flexibility index (Phi) is 2.49. The van der Waals surface area contributed by atoms with E-state index < -0.39 is 0 Å². The summed E-state index contributed by atoms with van der Waals surface area (Å²) in [5.74, 6) is 0. The fraction of sp³-hybridized carbons (Fsp3) is 0.533. The van der Waals surface area contributed by atoms with E-state index in [0.717, 1.165) is 42.6 Å². The Bertz CT molecular complexity index is 559. The Labute approximate surface area is 108 Å². The second-order valence-electron chi connectivity index (χ2n) is 5.93. The fourth-order valence-electron chi connectivity index (χ4n) is 3.43. The number of nitrogens with zero attached hydrogens (tertiary/aromatic N) is 1. The van der Waals surface area contributed by atoms with Crippen LogP contribution in [0, 0.1) is 19.3 Å². The van der Waals surface area contributed by atoms with Crippen molar-refractivity contribution in [2.24, 2.45) is 5.41 Å². The molecule has 1 aromatic rings. The van der Waals surface area contributed by atoms with Gasteiger partial charge < -0.3 is 9.88 Å². The van der Waals surface area contributed by atoms with E-state index in [-0.39, 0.29) is 5.56 Å². The maximum absolute atomic E-state index is 12.4. The number of nitrogens with one attached hydrogen (secondary N) is 1. The molecule has 0 amide bonds. The summed E-state index contributed by atoms with van der Waals surface area (Å²) in [6.45, 7) is 10.0. The predicted molar refractivity (Wildman–Crippen MR) is 73.8 cm³/mol. The second kappa shape index (κ2) is 3.82. The number of aromatic nitrogens is 1. The third-order valence-corrected chi connectivity index (χ3v) is 4.65. The van der Waals surface area contributed by atoms with E-state index in [0.29, 0.717) is 11.5 Å². The van der Waals surface area contributed by atoms with Gasteiger partial charge in [-0.2, -0.15) is 0 Å². The standard InChI is InChI=1S/C15H20N2O/c1-4-13-10(2)7-17(14(18)11(13)3)12-5-15(6-12)8-16-9-15/h4,7,12,16H,1,5-6,8-9H2,2-3H3. The van der Waals surface area contributed by atoms with Crippen molar-refractivity contribution >= 4 is 6.08 Å². The SMILES string of the molecule is C=Cc1c(C)cn(C2CC3(CNC3)C2)c(=O)c1C. The first-order valence-electron chi connectivity index (χ1n) is 6.62. The van der Waals surface area contributed by atoms with E-state index in [1.54, 1.807) is 6.08 Å². The summed E-state index contributed by atoms with van der Waals surface area (Å²) in [6, 6.07) is 0.399. The van der Waals surface area contributed by atoms with Crippen molar-refractivity contribution in [2.75, 3.05) is 13.1 Å². The summed E-state index contributed by atoms with van der Waals surface area (Å²) < 4.78 is 1.95. The number of hydrogen-bond donors (Lipinski definition) is 1. The summed E-state index contributed by atoms with van der Waals surface area (Å²) >= 11 is 0. The number of hydrogen-bond acceptors (Lipinski definition) is 2. The normalized spacial score (nSPS) is 21.4. The van der Waals surface area contributed by atoms with Gasteiger partial charge in [-0.05, 0) is 43.2 Å². The van der Waals surface area contributed by atoms with Crippen molar-refractivity contribution < 1.29 is 0 Å². The highest BCUT2D eigenvalue weighted by molar-refractivity contribution is 5.54. The molecule has 1 aliphatic carbocycles. The van der Waals surface area contributed by atoms with Crippen LogP contribution in [0.1, 0.15) is 35.6 Å². The maximum Gasteiger partial charge on any atom is 0.254 e. The Morgan fingerprint density at radius 1 is 1.44 bits per heavy atom. The van der Waals surface area contributed by atoms with Gasteiger partial charge in [-0.3, -0.25) is 4.79 Å². The van der Waals surface area contributed by atoms with Crippen molar-refractivity contribution in [3.05, 3.63) is 39.8 Å². The molecule has 1 saturated carbocycles. The third-order valence-electron chi connectivity index (χ3n) is 4.65. The molecule has 2 heterocycles. The monoisotopic (exact) mass is 244 g/mol. The van der Waals surface area contributed by atoms with Gasteiger partial charge in [0.15, 0.2) is 0 Å². The van der Waals surface area contributed by atoms with Crippen LogP contribution in [0.15, 0.2) is 17.6 Å². The molecular weight excluding hydrogens is 224 g/mol. The van der Waals surface area contributed by atoms with Gasteiger partial charge in [-0.1, -0.05) is 12.7 Å². The summed E-state index contributed by atoms with van der Waals surface area (Å²) in [6.07, 6.45) is 6.09. The summed E-state index contributed by atoms with van der Waals surface area (Å²) in [5, 5.41) is 3.33. The molecule has 0 bridgehead atoms. The molecule has 0 atom stereocenters. The van der Waals surface area contributed by atoms with Crippen molar-refractivity contribution in [1.82, 2.24) is 9.88 Å². The molecule has 0 unspecified atom stereocenters. The number of pyridine rings is 1. The average molecular weight is 244 g/mol. The van der Waals surface area contributed by atoms with Crippen LogP contribution in [0.4, 0.5) is 0 Å². The first-order chi connectivity index (χ1) is 8.56. The van der Waals surface area contributed by atoms with Gasteiger partial charge in [0.05, 0.1) is 0 Å². The lowest BCUT2D eigenvalue weighted by Gasteiger charge is -2.54. The maximum atomic E-state index is 12.4. The molecule has 3 heteroatoms. The first-order valence-corrected chi connectivity index (χ1v) is 6.62. The highest BCUT2D eigenvalue weighted by Crippen LogP contribution is 2.50. The van der Waals surface area contributed by atoms with Crippen LogP contribution >= 0.6 is 0 Å². The quantitative estimate of drug-likeness (QED) is 0.863. The molecule has 3 nitrogen and oxygen atoms in total. The number of rotatable bonds is 2. The molecular formula is C15H20N2O. The smallest absolute Gasteiger partial charge is 0.254 e. The van der Waals surface area contributed by atoms with Gasteiger partial charge in [-0.25, -0.2) is 0 Å². The van der Waals surface area contributed by atoms with Crippen molar-refractivity contribution in [3.63, 3.8) is 0 Å². The van der Waals surface area contributed by atoms with E-state index in [1.807, 2.05) is 17.7 Å². The number of aryl methyl sites for hydroxylation is 1. The third kappa shape index (κ3) is 1.50. The van der Waals surface area contributed by atoms with Gasteiger partial charge in [0, 0.05) is 30.9 Å². The van der Waals surface area contributed by atoms with Crippen molar-refractivity contribution in [2.45, 2.75) is 32.7 Å². The van der Waals surface area contributed by atoms with Crippen LogP contribution in [0.5, 0.6) is 0 Å². The highest BCUT2D eigenvalue weighted by Gasteiger charge is 2.49. The Balaban J connectivity index is 1.94. The van der Waals surface area contributed by atoms with Gasteiger partial charge in [0.2, 0.25) is 0 Å². The molecule has 0 radical (unpaired) electrons. The van der Waals surface area contributed by atoms with Crippen LogP contribution < -0.4 is 10.9 Å². The lowest BCUT2D eigenvalue weighted by molar-refractivity contribution is 0.00594. The zero-order valence-electron chi connectivity index (χ0n) is 11.1. The van der Waals surface area contributed by atoms with Gasteiger partial charge in [0.25, 0.3) is 5.56 Å². The average Bonchev–Trinajstić information content (AvgIpc) is 2.22. The molecule has 1 spiro atoms. The summed E-state index contributed by atoms with van der Waals surface area (Å²) in [4.78, 5) is 12.4. The van der Waals surface area contributed by atoms with Gasteiger partial charge in [-0.15, -0.1) is 0 Å². The van der Waals surface area contributed by atoms with Crippen LogP contribution in [0.2, 0.25) is 0 Å². The molecule has 2 aliphatic rings. The van der Waals surface area contributed by atoms with E-state index in [9.17, 15) is 4.79 Å². The van der Waals surface area contributed by atoms with Crippen LogP contribution in [-0.2, 0) is 0 Å². The minimum Gasteiger partial charge on any atom is -0.316 e. The summed E-state index contributed by atoms with van der Waals surface area (Å²) in [5.41, 5.74) is 3.63. The van der Waals surface area contributed by atoms with Crippen molar-refractivity contribution in [1.29, 1.82) is 0 Å².